The van der Waals surface area contributed by atoms with E-state index in [-0.39, 0.29) is 24.9 Å². The van der Waals surface area contributed by atoms with Crippen molar-refractivity contribution in [2.24, 2.45) is 5.92 Å². The van der Waals surface area contributed by atoms with E-state index in [0.29, 0.717) is 0 Å². The summed E-state index contributed by atoms with van der Waals surface area (Å²) in [6.45, 7) is 6.93. The van der Waals surface area contributed by atoms with Gasteiger partial charge in [-0.15, -0.1) is 0 Å². The molecule has 3 rings (SSSR count). The Bertz CT molecular complexity index is 969. The van der Waals surface area contributed by atoms with E-state index < -0.39 is 29.6 Å². The maximum atomic E-state index is 12.7. The number of fused-ring (bicyclic) bond motifs is 3. The molecule has 0 bridgehead atoms. The molecule has 2 aromatic rings. The van der Waals surface area contributed by atoms with Crippen LogP contribution in [0, 0.1) is 5.92 Å². The molecule has 0 aliphatic heterocycles. The smallest absolute Gasteiger partial charge is 0.408 e. The van der Waals surface area contributed by atoms with Gasteiger partial charge in [0.2, 0.25) is 5.91 Å². The first-order valence-corrected chi connectivity index (χ1v) is 10.8. The van der Waals surface area contributed by atoms with Crippen LogP contribution < -0.4 is 10.6 Å². The number of aliphatic carboxylic acids is 1. The number of carbonyl (C=O) groups is 3. The Hall–Kier alpha value is -3.35. The lowest BCUT2D eigenvalue weighted by Gasteiger charge is -2.29. The number of ether oxygens (including phenoxy) is 1. The first-order valence-electron chi connectivity index (χ1n) is 10.8. The van der Waals surface area contributed by atoms with Gasteiger partial charge in [-0.25, -0.2) is 4.79 Å². The molecule has 3 N–H and O–H groups in total. The lowest BCUT2D eigenvalue weighted by molar-refractivity contribution is -0.138. The van der Waals surface area contributed by atoms with Crippen molar-refractivity contribution >= 4 is 18.0 Å². The molecule has 0 unspecified atom stereocenters. The summed E-state index contributed by atoms with van der Waals surface area (Å²) in [5, 5.41) is 14.4. The molecule has 7 heteroatoms. The molecular formula is C25H30N2O5. The summed E-state index contributed by atoms with van der Waals surface area (Å²) in [5.41, 5.74) is 3.21. The van der Waals surface area contributed by atoms with Crippen LogP contribution in [-0.2, 0) is 14.3 Å². The van der Waals surface area contributed by atoms with Gasteiger partial charge in [0, 0.05) is 12.0 Å². The first kappa shape index (κ1) is 23.3. The molecule has 170 valence electrons. The number of hydrogen-bond donors (Lipinski definition) is 3. The van der Waals surface area contributed by atoms with Gasteiger partial charge in [0.05, 0.1) is 6.42 Å². The minimum Gasteiger partial charge on any atom is -0.481 e. The predicted octanol–water partition coefficient (Wildman–Crippen LogP) is 3.92. The van der Waals surface area contributed by atoms with Crippen molar-refractivity contribution < 1.29 is 24.2 Å². The Kier molecular flexibility index (Phi) is 6.87. The highest BCUT2D eigenvalue weighted by atomic mass is 16.5. The number of carboxylic acids is 1. The van der Waals surface area contributed by atoms with Crippen molar-refractivity contribution in [3.05, 3.63) is 59.7 Å². The average Bonchev–Trinajstić information content (AvgIpc) is 3.05. The third-order valence-corrected chi connectivity index (χ3v) is 5.84. The maximum Gasteiger partial charge on any atom is 0.408 e. The van der Waals surface area contributed by atoms with Crippen LogP contribution in [0.15, 0.2) is 48.5 Å². The number of carboxylic acid groups (broad SMARTS) is 1. The van der Waals surface area contributed by atoms with Gasteiger partial charge in [0.25, 0.3) is 0 Å². The Labute approximate surface area is 188 Å². The summed E-state index contributed by atoms with van der Waals surface area (Å²) in [4.78, 5) is 36.3. The number of hydrogen-bond acceptors (Lipinski definition) is 4. The molecule has 1 aliphatic carbocycles. The molecular weight excluding hydrogens is 408 g/mol. The molecule has 1 atom stereocenters. The van der Waals surface area contributed by atoms with Crippen molar-refractivity contribution in [1.82, 2.24) is 10.6 Å². The van der Waals surface area contributed by atoms with Crippen LogP contribution in [0.1, 0.15) is 51.2 Å². The van der Waals surface area contributed by atoms with Crippen molar-refractivity contribution in [2.75, 3.05) is 6.61 Å². The highest BCUT2D eigenvalue weighted by Gasteiger charge is 2.34. The summed E-state index contributed by atoms with van der Waals surface area (Å²) >= 11 is 0. The van der Waals surface area contributed by atoms with E-state index in [1.807, 2.05) is 50.2 Å². The molecule has 0 saturated heterocycles. The van der Waals surface area contributed by atoms with Crippen molar-refractivity contribution in [3.63, 3.8) is 0 Å². The van der Waals surface area contributed by atoms with Gasteiger partial charge in [-0.05, 0) is 42.0 Å². The molecule has 0 saturated carbocycles. The highest BCUT2D eigenvalue weighted by Crippen LogP contribution is 2.44. The van der Waals surface area contributed by atoms with E-state index in [1.165, 1.54) is 0 Å². The van der Waals surface area contributed by atoms with E-state index in [0.717, 1.165) is 22.3 Å². The largest absolute Gasteiger partial charge is 0.481 e. The molecule has 1 aliphatic rings. The lowest BCUT2D eigenvalue weighted by Crippen LogP contribution is -2.57. The van der Waals surface area contributed by atoms with Gasteiger partial charge < -0.3 is 20.5 Å². The van der Waals surface area contributed by atoms with E-state index in [2.05, 4.69) is 22.8 Å². The van der Waals surface area contributed by atoms with E-state index in [1.54, 1.807) is 13.8 Å². The summed E-state index contributed by atoms with van der Waals surface area (Å²) in [5.74, 6) is -1.61. The van der Waals surface area contributed by atoms with Gasteiger partial charge in [-0.1, -0.05) is 62.4 Å². The second-order valence-corrected chi connectivity index (χ2v) is 9.00. The fraction of sp³-hybridized carbons (Fsp3) is 0.400. The van der Waals surface area contributed by atoms with Crippen LogP contribution in [0.4, 0.5) is 4.79 Å². The zero-order valence-electron chi connectivity index (χ0n) is 18.8. The van der Waals surface area contributed by atoms with Crippen LogP contribution in [0.25, 0.3) is 11.1 Å². The SMILES string of the molecule is CC(C)[C@@H](CC(=O)O)NC(=O)C(C)(C)NC(=O)OCC1c2ccccc2-c2ccccc21. The van der Waals surface area contributed by atoms with E-state index >= 15 is 0 Å². The minimum atomic E-state index is -1.27. The Morgan fingerprint density at radius 1 is 1.00 bits per heavy atom. The minimum absolute atomic E-state index is 0.0692. The quantitative estimate of drug-likeness (QED) is 0.579. The molecule has 2 amide bonds. The Morgan fingerprint density at radius 3 is 2.03 bits per heavy atom. The molecule has 0 aromatic heterocycles. The third-order valence-electron chi connectivity index (χ3n) is 5.84. The predicted molar refractivity (Wildman–Crippen MR) is 121 cm³/mol. The first-order chi connectivity index (χ1) is 15.1. The number of alkyl carbamates (subject to hydrolysis) is 1. The molecule has 7 nitrogen and oxygen atoms in total. The second kappa shape index (κ2) is 9.42. The molecule has 0 heterocycles. The number of nitrogens with one attached hydrogen (secondary N) is 2. The van der Waals surface area contributed by atoms with Crippen LogP contribution in [0.5, 0.6) is 0 Å². The number of benzene rings is 2. The van der Waals surface area contributed by atoms with Crippen LogP contribution in [0.3, 0.4) is 0 Å². The van der Waals surface area contributed by atoms with Gasteiger partial charge in [-0.2, -0.15) is 0 Å². The molecule has 32 heavy (non-hydrogen) atoms. The zero-order valence-corrected chi connectivity index (χ0v) is 18.8. The van der Waals surface area contributed by atoms with Crippen molar-refractivity contribution in [3.8, 4) is 11.1 Å². The summed E-state index contributed by atoms with van der Waals surface area (Å²) < 4.78 is 5.52. The molecule has 0 fully saturated rings. The van der Waals surface area contributed by atoms with Gasteiger partial charge in [-0.3, -0.25) is 9.59 Å². The molecule has 0 spiro atoms. The fourth-order valence-electron chi connectivity index (χ4n) is 3.94. The summed E-state index contributed by atoms with van der Waals surface area (Å²) in [6, 6.07) is 15.6. The highest BCUT2D eigenvalue weighted by molar-refractivity contribution is 5.89. The summed E-state index contributed by atoms with van der Waals surface area (Å²) in [7, 11) is 0. The Morgan fingerprint density at radius 2 is 1.53 bits per heavy atom. The standard InChI is InChI=1S/C25H30N2O5/c1-15(2)21(13-22(28)29)26-23(30)25(3,4)27-24(31)32-14-20-18-11-7-5-9-16(18)17-10-6-8-12-19(17)20/h5-12,15,20-21H,13-14H2,1-4H3,(H,26,30)(H,27,31)(H,28,29)/t21-/m1/s1. The van der Waals surface area contributed by atoms with Crippen LogP contribution in [0.2, 0.25) is 0 Å². The topological polar surface area (TPSA) is 105 Å². The van der Waals surface area contributed by atoms with E-state index in [9.17, 15) is 14.4 Å². The van der Waals surface area contributed by atoms with Gasteiger partial charge in [0.1, 0.15) is 12.1 Å². The number of carbonyl (C=O) groups excluding carboxylic acids is 2. The molecule has 0 radical (unpaired) electrons. The normalized spacial score (nSPS) is 13.8. The average molecular weight is 439 g/mol. The Balaban J connectivity index is 1.63. The van der Waals surface area contributed by atoms with Crippen LogP contribution in [-0.4, -0.2) is 41.3 Å². The third kappa shape index (κ3) is 5.10. The van der Waals surface area contributed by atoms with Crippen molar-refractivity contribution in [1.29, 1.82) is 0 Å². The van der Waals surface area contributed by atoms with Crippen molar-refractivity contribution in [2.45, 2.75) is 51.6 Å². The number of amides is 2. The fourth-order valence-corrected chi connectivity index (χ4v) is 3.94. The lowest BCUT2D eigenvalue weighted by atomic mass is 9.98. The van der Waals surface area contributed by atoms with Gasteiger partial charge in [0.15, 0.2) is 0 Å². The van der Waals surface area contributed by atoms with E-state index in [4.69, 9.17) is 9.84 Å². The molecule has 2 aromatic carbocycles. The summed E-state index contributed by atoms with van der Waals surface area (Å²) in [6.07, 6.45) is -0.893. The maximum absolute atomic E-state index is 12.7. The zero-order chi connectivity index (χ0) is 23.5. The number of rotatable bonds is 8. The monoisotopic (exact) mass is 438 g/mol. The second-order valence-electron chi connectivity index (χ2n) is 9.00. The van der Waals surface area contributed by atoms with Crippen LogP contribution >= 0.6 is 0 Å². The van der Waals surface area contributed by atoms with Gasteiger partial charge >= 0.3 is 12.1 Å².